The molecule has 0 radical (unpaired) electrons. The second kappa shape index (κ2) is 7.50. The maximum atomic E-state index is 13.0. The van der Waals surface area contributed by atoms with Crippen LogP contribution in [0.2, 0.25) is 0 Å². The molecule has 1 heterocycles. The van der Waals surface area contributed by atoms with Gasteiger partial charge in [0.05, 0.1) is 0 Å². The van der Waals surface area contributed by atoms with E-state index in [1.165, 1.54) is 49.9 Å². The Morgan fingerprint density at radius 2 is 1.76 bits per heavy atom. The van der Waals surface area contributed by atoms with Crippen molar-refractivity contribution < 1.29 is 14.0 Å². The molecule has 1 aromatic carbocycles. The van der Waals surface area contributed by atoms with E-state index < -0.39 is 0 Å². The van der Waals surface area contributed by atoms with Gasteiger partial charge in [-0.05, 0) is 80.0 Å². The fourth-order valence-corrected chi connectivity index (χ4v) is 6.43. The average molecular weight is 400 g/mol. The zero-order valence-electron chi connectivity index (χ0n) is 16.6. The largest absolute Gasteiger partial charge is 0.335 e. The number of amides is 4. The lowest BCUT2D eigenvalue weighted by Crippen LogP contribution is -2.49. The molecule has 4 amide bonds. The molecule has 2 bridgehead atoms. The van der Waals surface area contributed by atoms with Gasteiger partial charge in [0.1, 0.15) is 5.82 Å². The summed E-state index contributed by atoms with van der Waals surface area (Å²) in [5.41, 5.74) is 0.540. The summed E-state index contributed by atoms with van der Waals surface area (Å²) in [5, 5.41) is 8.92. The highest BCUT2D eigenvalue weighted by molar-refractivity contribution is 5.89. The Morgan fingerprint density at radius 3 is 2.59 bits per heavy atom. The first-order valence-corrected chi connectivity index (χ1v) is 11.0. The SMILES string of the molecule is O=C(Nc1ccc(F)cc1)NC1CCN(C(=O)NC2CC3CC2C2CCCC32)C1. The van der Waals surface area contributed by atoms with E-state index in [2.05, 4.69) is 16.0 Å². The quantitative estimate of drug-likeness (QED) is 0.726. The van der Waals surface area contributed by atoms with E-state index in [0.29, 0.717) is 30.7 Å². The summed E-state index contributed by atoms with van der Waals surface area (Å²) in [6.45, 7) is 1.18. The summed E-state index contributed by atoms with van der Waals surface area (Å²) in [6, 6.07) is 5.60. The minimum atomic E-state index is -0.340. The van der Waals surface area contributed by atoms with E-state index >= 15 is 0 Å². The van der Waals surface area contributed by atoms with E-state index in [4.69, 9.17) is 0 Å². The molecule has 6 nitrogen and oxygen atoms in total. The lowest BCUT2D eigenvalue weighted by molar-refractivity contribution is 0.177. The third-order valence-electron chi connectivity index (χ3n) is 7.65. The number of likely N-dealkylation sites (tertiary alicyclic amines) is 1. The number of hydrogen-bond acceptors (Lipinski definition) is 2. The molecule has 1 aliphatic heterocycles. The Hall–Kier alpha value is -2.31. The minimum absolute atomic E-state index is 0.0142. The molecule has 6 unspecified atom stereocenters. The normalized spacial score (nSPS) is 34.9. The molecule has 1 saturated heterocycles. The van der Waals surface area contributed by atoms with Gasteiger partial charge in [0.15, 0.2) is 0 Å². The van der Waals surface area contributed by atoms with Gasteiger partial charge in [0.2, 0.25) is 0 Å². The Labute approximate surface area is 170 Å². The van der Waals surface area contributed by atoms with Crippen LogP contribution in [-0.2, 0) is 0 Å². The van der Waals surface area contributed by atoms with Crippen LogP contribution in [0.1, 0.15) is 38.5 Å². The van der Waals surface area contributed by atoms with E-state index in [0.717, 1.165) is 30.6 Å². The molecule has 29 heavy (non-hydrogen) atoms. The van der Waals surface area contributed by atoms with Gasteiger partial charge in [-0.3, -0.25) is 0 Å². The lowest BCUT2D eigenvalue weighted by Gasteiger charge is -2.33. The highest BCUT2D eigenvalue weighted by Crippen LogP contribution is 2.58. The maximum Gasteiger partial charge on any atom is 0.319 e. The standard InChI is InChI=1S/C22H29FN4O2/c23-14-4-6-15(7-5-14)24-21(28)25-16-8-9-27(12-16)22(29)26-20-11-13-10-19(20)18-3-1-2-17(13)18/h4-7,13,16-20H,1-3,8-12H2,(H,26,29)(H2,24,25,28). The summed E-state index contributed by atoms with van der Waals surface area (Å²) in [5.74, 6) is 2.91. The van der Waals surface area contributed by atoms with E-state index in [1.807, 2.05) is 4.90 Å². The second-order valence-electron chi connectivity index (χ2n) is 9.25. The van der Waals surface area contributed by atoms with E-state index in [1.54, 1.807) is 0 Å². The van der Waals surface area contributed by atoms with Gasteiger partial charge in [-0.2, -0.15) is 0 Å². The maximum absolute atomic E-state index is 13.0. The van der Waals surface area contributed by atoms with Gasteiger partial charge >= 0.3 is 12.1 Å². The molecule has 3 saturated carbocycles. The topological polar surface area (TPSA) is 73.5 Å². The number of nitrogens with zero attached hydrogens (tertiary/aromatic N) is 1. The van der Waals surface area contributed by atoms with Crippen molar-refractivity contribution in [1.82, 2.24) is 15.5 Å². The predicted octanol–water partition coefficient (Wildman–Crippen LogP) is 3.56. The summed E-state index contributed by atoms with van der Waals surface area (Å²) < 4.78 is 13.0. The second-order valence-corrected chi connectivity index (χ2v) is 9.25. The number of hydrogen-bond donors (Lipinski definition) is 3. The third kappa shape index (κ3) is 3.67. The Balaban J connectivity index is 1.09. The van der Waals surface area contributed by atoms with Gasteiger partial charge in [0, 0.05) is 30.9 Å². The average Bonchev–Trinajstić information content (AvgIpc) is 3.45. The number of carbonyl (C=O) groups excluding carboxylic acids is 2. The molecule has 156 valence electrons. The summed E-state index contributed by atoms with van der Waals surface area (Å²) in [6.07, 6.45) is 7.29. The van der Waals surface area contributed by atoms with Crippen LogP contribution in [0.3, 0.4) is 0 Å². The predicted molar refractivity (Wildman–Crippen MR) is 108 cm³/mol. The number of urea groups is 2. The summed E-state index contributed by atoms with van der Waals surface area (Å²) in [4.78, 5) is 26.8. The zero-order valence-corrected chi connectivity index (χ0v) is 16.6. The van der Waals surface area contributed by atoms with Crippen molar-refractivity contribution >= 4 is 17.7 Å². The van der Waals surface area contributed by atoms with Crippen molar-refractivity contribution in [2.24, 2.45) is 23.7 Å². The van der Waals surface area contributed by atoms with Crippen molar-refractivity contribution in [2.45, 2.75) is 50.6 Å². The summed E-state index contributed by atoms with van der Waals surface area (Å²) >= 11 is 0. The van der Waals surface area contributed by atoms with Gasteiger partial charge in [-0.1, -0.05) is 6.42 Å². The first kappa shape index (κ1) is 18.7. The van der Waals surface area contributed by atoms with Crippen molar-refractivity contribution in [1.29, 1.82) is 0 Å². The van der Waals surface area contributed by atoms with Crippen molar-refractivity contribution in [3.63, 3.8) is 0 Å². The third-order valence-corrected chi connectivity index (χ3v) is 7.65. The number of halogens is 1. The van der Waals surface area contributed by atoms with Crippen LogP contribution in [0.15, 0.2) is 24.3 Å². The number of benzene rings is 1. The van der Waals surface area contributed by atoms with Crippen LogP contribution >= 0.6 is 0 Å². The number of nitrogens with one attached hydrogen (secondary N) is 3. The number of carbonyl (C=O) groups is 2. The van der Waals surface area contributed by atoms with Gasteiger partial charge in [-0.25, -0.2) is 14.0 Å². The molecule has 3 N–H and O–H groups in total. The smallest absolute Gasteiger partial charge is 0.319 e. The fraction of sp³-hybridized carbons (Fsp3) is 0.636. The number of fused-ring (bicyclic) bond motifs is 5. The molecule has 0 aromatic heterocycles. The monoisotopic (exact) mass is 400 g/mol. The minimum Gasteiger partial charge on any atom is -0.335 e. The van der Waals surface area contributed by atoms with Crippen LogP contribution in [0.4, 0.5) is 19.7 Å². The zero-order chi connectivity index (χ0) is 20.0. The van der Waals surface area contributed by atoms with Crippen LogP contribution in [0.25, 0.3) is 0 Å². The van der Waals surface area contributed by atoms with Crippen LogP contribution < -0.4 is 16.0 Å². The molecule has 3 aliphatic carbocycles. The molecule has 0 spiro atoms. The Bertz CT molecular complexity index is 786. The number of rotatable bonds is 3. The van der Waals surface area contributed by atoms with Crippen LogP contribution in [-0.4, -0.2) is 42.1 Å². The van der Waals surface area contributed by atoms with Crippen molar-refractivity contribution in [3.05, 3.63) is 30.1 Å². The van der Waals surface area contributed by atoms with Gasteiger partial charge in [-0.15, -0.1) is 0 Å². The molecule has 4 fully saturated rings. The lowest BCUT2D eigenvalue weighted by atomic mass is 9.79. The molecule has 1 aromatic rings. The van der Waals surface area contributed by atoms with Crippen LogP contribution in [0.5, 0.6) is 0 Å². The van der Waals surface area contributed by atoms with Crippen molar-refractivity contribution in [2.75, 3.05) is 18.4 Å². The Morgan fingerprint density at radius 1 is 0.966 bits per heavy atom. The van der Waals surface area contributed by atoms with Gasteiger partial charge in [0.25, 0.3) is 0 Å². The van der Waals surface area contributed by atoms with Gasteiger partial charge < -0.3 is 20.9 Å². The molecular formula is C22H29FN4O2. The highest BCUT2D eigenvalue weighted by atomic mass is 19.1. The van der Waals surface area contributed by atoms with E-state index in [-0.39, 0.29) is 23.9 Å². The van der Waals surface area contributed by atoms with E-state index in [9.17, 15) is 14.0 Å². The van der Waals surface area contributed by atoms with Crippen molar-refractivity contribution in [3.8, 4) is 0 Å². The highest BCUT2D eigenvalue weighted by Gasteiger charge is 2.54. The first-order valence-electron chi connectivity index (χ1n) is 11.0. The molecule has 4 aliphatic rings. The molecular weight excluding hydrogens is 371 g/mol. The molecule has 5 rings (SSSR count). The Kier molecular flexibility index (Phi) is 4.84. The first-order chi connectivity index (χ1) is 14.1. The fourth-order valence-electron chi connectivity index (χ4n) is 6.43. The molecule has 6 atom stereocenters. The molecule has 7 heteroatoms. The number of anilines is 1. The summed E-state index contributed by atoms with van der Waals surface area (Å²) in [7, 11) is 0. The van der Waals surface area contributed by atoms with Crippen LogP contribution in [0, 0.1) is 29.5 Å².